The van der Waals surface area contributed by atoms with Crippen LogP contribution in [0.1, 0.15) is 6.42 Å². The first-order valence-electron chi connectivity index (χ1n) is 5.66. The molecular weight excluding hydrogens is 216 g/mol. The minimum Gasteiger partial charge on any atom is -0.331 e. The average Bonchev–Trinajstić information content (AvgIpc) is 2.51. The maximum Gasteiger partial charge on any atom is 0.252 e. The Morgan fingerprint density at radius 1 is 1.24 bits per heavy atom. The topological polar surface area (TPSA) is 46.2 Å². The third kappa shape index (κ3) is 2.36. The maximum atomic E-state index is 11.8. The summed E-state index contributed by atoms with van der Waals surface area (Å²) in [5.41, 5.74) is 1.84. The molecule has 1 N–H and O–H groups in total. The molecule has 1 aliphatic carbocycles. The van der Waals surface area contributed by atoms with Gasteiger partial charge in [0.05, 0.1) is 39.0 Å². The minimum atomic E-state index is -0.128. The molecule has 1 heterocycles. The van der Waals surface area contributed by atoms with Crippen LogP contribution < -0.4 is 5.32 Å². The molecule has 2 aliphatic rings. The van der Waals surface area contributed by atoms with Crippen molar-refractivity contribution in [1.29, 1.82) is 0 Å². The summed E-state index contributed by atoms with van der Waals surface area (Å²) in [4.78, 5) is 23.6. The number of fused-ring (bicyclic) bond motifs is 1. The summed E-state index contributed by atoms with van der Waals surface area (Å²) in [6.07, 6.45) is 5.57. The normalized spacial score (nSPS) is 19.4. The first kappa shape index (κ1) is 11.8. The third-order valence-corrected chi connectivity index (χ3v) is 2.88. The summed E-state index contributed by atoms with van der Waals surface area (Å²) in [5, 5.41) is 2.74. The van der Waals surface area contributed by atoms with Gasteiger partial charge in [-0.3, -0.25) is 9.59 Å². The van der Waals surface area contributed by atoms with Gasteiger partial charge < -0.3 is 9.80 Å². The second-order valence-electron chi connectivity index (χ2n) is 5.38. The van der Waals surface area contributed by atoms with Crippen molar-refractivity contribution in [2.45, 2.75) is 6.42 Å². The fraction of sp³-hybridized carbons (Fsp3) is 0.385. The maximum absolute atomic E-state index is 11.8. The molecule has 0 unspecified atom stereocenters. The molecule has 0 atom stereocenters. The van der Waals surface area contributed by atoms with E-state index in [1.165, 1.54) is 6.08 Å². The second kappa shape index (κ2) is 3.96. The predicted molar refractivity (Wildman–Crippen MR) is 64.9 cm³/mol. The molecule has 1 amide bonds. The number of nitrogens with one attached hydrogen (secondary N) is 1. The molecule has 4 nitrogen and oxygen atoms in total. The molecule has 0 aromatic rings. The van der Waals surface area contributed by atoms with E-state index in [9.17, 15) is 9.59 Å². The predicted octanol–water partition coefficient (Wildman–Crippen LogP) is 0.532. The molecule has 0 bridgehead atoms. The highest BCUT2D eigenvalue weighted by Gasteiger charge is 2.32. The van der Waals surface area contributed by atoms with E-state index in [4.69, 9.17) is 0 Å². The fourth-order valence-electron chi connectivity index (χ4n) is 1.94. The van der Waals surface area contributed by atoms with Crippen LogP contribution in [0.15, 0.2) is 35.1 Å². The van der Waals surface area contributed by atoms with E-state index in [2.05, 4.69) is 26.5 Å². The Morgan fingerprint density at radius 3 is 2.59 bits per heavy atom. The molecule has 90 valence electrons. The Kier molecular flexibility index (Phi) is 2.75. The standard InChI is InChI=1S/C13H16N2O2/c1-15(2,3)8-7-9-12-10(14-13(9)17)5-4-6-11(12)16/h4-6H,7-8H2,1-3H3/p+1. The Morgan fingerprint density at radius 2 is 1.94 bits per heavy atom. The number of nitrogens with zero attached hydrogens (tertiary/aromatic N) is 1. The van der Waals surface area contributed by atoms with Gasteiger partial charge in [0.2, 0.25) is 0 Å². The van der Waals surface area contributed by atoms with Gasteiger partial charge in [0.25, 0.3) is 5.91 Å². The van der Waals surface area contributed by atoms with Crippen LogP contribution in [-0.4, -0.2) is 43.9 Å². The number of amides is 1. The summed E-state index contributed by atoms with van der Waals surface area (Å²) < 4.78 is 0.771. The average molecular weight is 233 g/mol. The molecule has 4 heteroatoms. The molecular formula is C13H17N2O2+. The summed E-state index contributed by atoms with van der Waals surface area (Å²) in [7, 11) is 6.20. The van der Waals surface area contributed by atoms with Gasteiger partial charge in [0, 0.05) is 12.0 Å². The summed E-state index contributed by atoms with van der Waals surface area (Å²) in [6.45, 7) is 0.830. The van der Waals surface area contributed by atoms with E-state index in [-0.39, 0.29) is 11.7 Å². The van der Waals surface area contributed by atoms with E-state index in [1.54, 1.807) is 12.2 Å². The molecule has 2 rings (SSSR count). The number of allylic oxidation sites excluding steroid dienone is 4. The zero-order chi connectivity index (χ0) is 12.6. The highest BCUT2D eigenvalue weighted by atomic mass is 16.2. The Labute approximate surface area is 101 Å². The van der Waals surface area contributed by atoms with Gasteiger partial charge in [-0.2, -0.15) is 0 Å². The van der Waals surface area contributed by atoms with Gasteiger partial charge in [-0.15, -0.1) is 0 Å². The van der Waals surface area contributed by atoms with Crippen LogP contribution >= 0.6 is 0 Å². The fourth-order valence-corrected chi connectivity index (χ4v) is 1.94. The number of carbonyl (C=O) groups excluding carboxylic acids is 2. The SMILES string of the molecule is C[N+](C)(C)CCC1=C2C(=O)C=CC=C2NC1=O. The lowest BCUT2D eigenvalue weighted by molar-refractivity contribution is -0.870. The lowest BCUT2D eigenvalue weighted by Gasteiger charge is -2.23. The van der Waals surface area contributed by atoms with Crippen molar-refractivity contribution in [2.24, 2.45) is 0 Å². The number of quaternary nitrogens is 1. The molecule has 0 saturated heterocycles. The number of hydrogen-bond donors (Lipinski definition) is 1. The van der Waals surface area contributed by atoms with Gasteiger partial charge in [0.1, 0.15) is 0 Å². The van der Waals surface area contributed by atoms with Crippen LogP contribution in [0.3, 0.4) is 0 Å². The number of ketones is 1. The molecule has 0 radical (unpaired) electrons. The summed E-state index contributed by atoms with van der Waals surface area (Å²) in [6, 6.07) is 0. The molecule has 0 spiro atoms. The molecule has 1 aliphatic heterocycles. The highest BCUT2D eigenvalue weighted by Crippen LogP contribution is 2.27. The van der Waals surface area contributed by atoms with Crippen molar-refractivity contribution in [1.82, 2.24) is 5.32 Å². The van der Waals surface area contributed by atoms with Crippen molar-refractivity contribution in [3.63, 3.8) is 0 Å². The first-order valence-corrected chi connectivity index (χ1v) is 5.66. The first-order chi connectivity index (χ1) is 7.88. The minimum absolute atomic E-state index is 0.0720. The number of hydrogen-bond acceptors (Lipinski definition) is 2. The van der Waals surface area contributed by atoms with Gasteiger partial charge in [0.15, 0.2) is 5.78 Å². The zero-order valence-electron chi connectivity index (χ0n) is 10.4. The molecule has 17 heavy (non-hydrogen) atoms. The van der Waals surface area contributed by atoms with Crippen LogP contribution in [-0.2, 0) is 9.59 Å². The van der Waals surface area contributed by atoms with Crippen molar-refractivity contribution >= 4 is 11.7 Å². The Balaban J connectivity index is 2.28. The van der Waals surface area contributed by atoms with Crippen LogP contribution in [0, 0.1) is 0 Å². The zero-order valence-corrected chi connectivity index (χ0v) is 10.4. The van der Waals surface area contributed by atoms with E-state index in [0.29, 0.717) is 23.3 Å². The summed E-state index contributed by atoms with van der Waals surface area (Å²) >= 11 is 0. The van der Waals surface area contributed by atoms with Gasteiger partial charge in [-0.05, 0) is 12.2 Å². The van der Waals surface area contributed by atoms with Crippen molar-refractivity contribution in [3.8, 4) is 0 Å². The highest BCUT2D eigenvalue weighted by molar-refractivity contribution is 6.18. The lowest BCUT2D eigenvalue weighted by atomic mass is 9.98. The summed E-state index contributed by atoms with van der Waals surface area (Å²) in [5.74, 6) is -0.200. The lowest BCUT2D eigenvalue weighted by Crippen LogP contribution is -2.36. The molecule has 0 saturated carbocycles. The number of rotatable bonds is 3. The quantitative estimate of drug-likeness (QED) is 0.723. The van der Waals surface area contributed by atoms with E-state index in [1.807, 2.05) is 0 Å². The van der Waals surface area contributed by atoms with E-state index in [0.717, 1.165) is 11.0 Å². The van der Waals surface area contributed by atoms with Gasteiger partial charge >= 0.3 is 0 Å². The Bertz CT molecular complexity index is 476. The van der Waals surface area contributed by atoms with Gasteiger partial charge in [-0.25, -0.2) is 0 Å². The molecule has 0 aromatic carbocycles. The van der Waals surface area contributed by atoms with Crippen LogP contribution in [0.2, 0.25) is 0 Å². The van der Waals surface area contributed by atoms with Crippen molar-refractivity contribution in [3.05, 3.63) is 35.1 Å². The van der Waals surface area contributed by atoms with Crippen LogP contribution in [0.5, 0.6) is 0 Å². The number of carbonyl (C=O) groups is 2. The largest absolute Gasteiger partial charge is 0.331 e. The monoisotopic (exact) mass is 233 g/mol. The Hall–Kier alpha value is -1.68. The van der Waals surface area contributed by atoms with Crippen molar-refractivity contribution in [2.75, 3.05) is 27.7 Å². The van der Waals surface area contributed by atoms with Gasteiger partial charge in [-0.1, -0.05) is 6.08 Å². The molecule has 0 fully saturated rings. The second-order valence-corrected chi connectivity index (χ2v) is 5.38. The third-order valence-electron chi connectivity index (χ3n) is 2.88. The van der Waals surface area contributed by atoms with Crippen LogP contribution in [0.25, 0.3) is 0 Å². The van der Waals surface area contributed by atoms with E-state index < -0.39 is 0 Å². The molecule has 0 aromatic heterocycles. The van der Waals surface area contributed by atoms with Crippen molar-refractivity contribution < 1.29 is 14.1 Å². The smallest absolute Gasteiger partial charge is 0.252 e. The van der Waals surface area contributed by atoms with E-state index >= 15 is 0 Å². The van der Waals surface area contributed by atoms with Crippen LogP contribution in [0.4, 0.5) is 0 Å².